The average molecular weight is 499 g/mol. The number of aromatic nitrogens is 4. The number of aliphatic hydroxyl groups excluding tert-OH is 2. The summed E-state index contributed by atoms with van der Waals surface area (Å²) in [5.74, 6) is -0.803. The second-order valence-electron chi connectivity index (χ2n) is 8.28. The first kappa shape index (κ1) is 24.5. The van der Waals surface area contributed by atoms with E-state index in [0.717, 1.165) is 10.4 Å². The van der Waals surface area contributed by atoms with Crippen LogP contribution in [0.3, 0.4) is 0 Å². The van der Waals surface area contributed by atoms with Crippen LogP contribution in [0.25, 0.3) is 20.8 Å². The van der Waals surface area contributed by atoms with Crippen molar-refractivity contribution in [2.24, 2.45) is 5.92 Å². The molecule has 9 nitrogen and oxygen atoms in total. The molecule has 0 radical (unpaired) electrons. The van der Waals surface area contributed by atoms with Crippen molar-refractivity contribution in [2.45, 2.75) is 51.1 Å². The van der Waals surface area contributed by atoms with Gasteiger partial charge >= 0.3 is 6.18 Å². The van der Waals surface area contributed by atoms with Crippen LogP contribution in [0.4, 0.5) is 24.9 Å². The average Bonchev–Trinajstić information content (AvgIpc) is 3.32. The summed E-state index contributed by atoms with van der Waals surface area (Å²) in [4.78, 5) is 17.4. The molecule has 34 heavy (non-hydrogen) atoms. The number of anilines is 2. The van der Waals surface area contributed by atoms with Crippen molar-refractivity contribution in [3.8, 4) is 10.6 Å². The van der Waals surface area contributed by atoms with Crippen LogP contribution < -0.4 is 10.6 Å². The van der Waals surface area contributed by atoms with E-state index < -0.39 is 30.5 Å². The number of alkyl halides is 3. The third kappa shape index (κ3) is 4.78. The fraction of sp³-hybridized carbons (Fsp3) is 0.524. The molecule has 0 saturated heterocycles. The monoisotopic (exact) mass is 498 g/mol. The first-order valence-corrected chi connectivity index (χ1v) is 11.6. The summed E-state index contributed by atoms with van der Waals surface area (Å²) in [6.07, 6.45) is -2.98. The number of fused-ring (bicyclic) bond motifs is 1. The molecule has 3 atom stereocenters. The maximum absolute atomic E-state index is 12.8. The molecule has 13 heteroatoms. The van der Waals surface area contributed by atoms with Gasteiger partial charge in [-0.25, -0.2) is 9.97 Å². The lowest BCUT2D eigenvalue weighted by molar-refractivity contribution is -0.115. The molecule has 4 rings (SSSR count). The molecule has 1 aliphatic rings. The topological polar surface area (TPSA) is 136 Å². The number of rotatable bonds is 7. The van der Waals surface area contributed by atoms with Crippen LogP contribution in [0.5, 0.6) is 0 Å². The maximum Gasteiger partial charge on any atom is 0.405 e. The number of nitrogens with zero attached hydrogens (tertiary/aromatic N) is 4. The molecule has 3 aromatic heterocycles. The van der Waals surface area contributed by atoms with Crippen LogP contribution in [-0.4, -0.2) is 66.4 Å². The van der Waals surface area contributed by atoms with Crippen molar-refractivity contribution in [3.63, 3.8) is 0 Å². The highest BCUT2D eigenvalue weighted by Crippen LogP contribution is 2.41. The van der Waals surface area contributed by atoms with Crippen molar-refractivity contribution in [2.75, 3.05) is 23.8 Å². The van der Waals surface area contributed by atoms with Gasteiger partial charge in [-0.2, -0.15) is 18.2 Å². The van der Waals surface area contributed by atoms with Crippen LogP contribution in [0, 0.1) is 12.8 Å². The van der Waals surface area contributed by atoms with Crippen molar-refractivity contribution >= 4 is 33.3 Å². The van der Waals surface area contributed by atoms with Gasteiger partial charge < -0.3 is 26.0 Å². The fourth-order valence-corrected chi connectivity index (χ4v) is 5.17. The number of thiazole rings is 1. The Labute approximate surface area is 197 Å². The Hall–Kier alpha value is -2.61. The van der Waals surface area contributed by atoms with Gasteiger partial charge in [-0.3, -0.25) is 4.98 Å². The summed E-state index contributed by atoms with van der Waals surface area (Å²) in [5.41, 5.74) is 0.398. The van der Waals surface area contributed by atoms with E-state index in [1.165, 1.54) is 11.3 Å². The Morgan fingerprint density at radius 1 is 1.26 bits per heavy atom. The van der Waals surface area contributed by atoms with Gasteiger partial charge in [0, 0.05) is 18.7 Å². The van der Waals surface area contributed by atoms with Gasteiger partial charge in [0.25, 0.3) is 0 Å². The Morgan fingerprint density at radius 3 is 2.68 bits per heavy atom. The Morgan fingerprint density at radius 2 is 2.03 bits per heavy atom. The molecule has 0 bridgehead atoms. The molecule has 3 heterocycles. The Bertz CT molecular complexity index is 1190. The van der Waals surface area contributed by atoms with Crippen molar-refractivity contribution in [3.05, 3.63) is 23.7 Å². The number of aliphatic hydroxyl groups is 3. The predicted octanol–water partition coefficient (Wildman–Crippen LogP) is 2.86. The van der Waals surface area contributed by atoms with E-state index in [4.69, 9.17) is 0 Å². The first-order chi connectivity index (χ1) is 16.0. The van der Waals surface area contributed by atoms with Crippen LogP contribution >= 0.6 is 11.3 Å². The van der Waals surface area contributed by atoms with Crippen LogP contribution in [0.2, 0.25) is 0 Å². The number of pyridine rings is 1. The van der Waals surface area contributed by atoms with E-state index in [2.05, 4.69) is 30.6 Å². The lowest BCUT2D eigenvalue weighted by Gasteiger charge is -2.31. The lowest BCUT2D eigenvalue weighted by Crippen LogP contribution is -2.48. The van der Waals surface area contributed by atoms with Gasteiger partial charge in [-0.15, -0.1) is 11.3 Å². The second-order valence-corrected chi connectivity index (χ2v) is 9.31. The molecule has 3 aromatic rings. The highest BCUT2D eigenvalue weighted by molar-refractivity contribution is 7.21. The molecule has 184 valence electrons. The molecule has 1 aliphatic carbocycles. The maximum atomic E-state index is 12.8. The van der Waals surface area contributed by atoms with Crippen molar-refractivity contribution in [1.29, 1.82) is 0 Å². The van der Waals surface area contributed by atoms with Gasteiger partial charge in [-0.05, 0) is 32.3 Å². The summed E-state index contributed by atoms with van der Waals surface area (Å²) in [6.45, 7) is 1.91. The SMILES string of the molecule is CCc1nccc2sc(-c3c(C)nc(NCC(F)(F)F)nc3N[C@]3(O)CC[C@H](CO)[C@H]3O)nc12. The summed E-state index contributed by atoms with van der Waals surface area (Å²) >= 11 is 1.34. The molecule has 0 amide bonds. The standard InChI is InChI=1S/C21H25F3N6O3S/c1-3-12-15-13(5-7-25-12)34-18(28-15)14-10(2)27-19(26-9-21(22,23)24)29-17(14)30-20(33)6-4-11(8-31)16(20)32/h5,7,11,16,31-33H,3-4,6,8-9H2,1-2H3,(H2,26,27,29,30)/t11-,16-,20+/m1/s1. The van der Waals surface area contributed by atoms with E-state index in [-0.39, 0.29) is 24.8 Å². The van der Waals surface area contributed by atoms with Gasteiger partial charge in [0.2, 0.25) is 5.95 Å². The largest absolute Gasteiger partial charge is 0.405 e. The molecule has 0 spiro atoms. The Balaban J connectivity index is 1.81. The highest BCUT2D eigenvalue weighted by Gasteiger charge is 2.47. The zero-order valence-electron chi connectivity index (χ0n) is 18.5. The number of aryl methyl sites for hydroxylation is 2. The molecule has 1 saturated carbocycles. The van der Waals surface area contributed by atoms with E-state index in [9.17, 15) is 28.5 Å². The summed E-state index contributed by atoms with van der Waals surface area (Å²) in [6, 6.07) is 1.82. The number of hydrogen-bond donors (Lipinski definition) is 5. The van der Waals surface area contributed by atoms with Crippen LogP contribution in [0.1, 0.15) is 31.2 Å². The zero-order valence-corrected chi connectivity index (χ0v) is 19.3. The van der Waals surface area contributed by atoms with Gasteiger partial charge in [0.05, 0.1) is 21.7 Å². The molecule has 5 N–H and O–H groups in total. The zero-order chi connectivity index (χ0) is 24.7. The lowest BCUT2D eigenvalue weighted by atomic mass is 10.0. The summed E-state index contributed by atoms with van der Waals surface area (Å²) in [7, 11) is 0. The van der Waals surface area contributed by atoms with E-state index in [1.54, 1.807) is 13.1 Å². The minimum atomic E-state index is -4.48. The van der Waals surface area contributed by atoms with Gasteiger partial charge in [-0.1, -0.05) is 6.92 Å². The molecule has 0 unspecified atom stereocenters. The smallest absolute Gasteiger partial charge is 0.396 e. The van der Waals surface area contributed by atoms with Crippen LogP contribution in [0.15, 0.2) is 12.3 Å². The minimum Gasteiger partial charge on any atom is -0.396 e. The first-order valence-electron chi connectivity index (χ1n) is 10.8. The predicted molar refractivity (Wildman–Crippen MR) is 121 cm³/mol. The third-order valence-electron chi connectivity index (χ3n) is 5.87. The summed E-state index contributed by atoms with van der Waals surface area (Å²) in [5, 5.41) is 36.6. The van der Waals surface area contributed by atoms with Crippen LogP contribution in [-0.2, 0) is 6.42 Å². The minimum absolute atomic E-state index is 0.0300. The second kappa shape index (κ2) is 9.21. The Kier molecular flexibility index (Phi) is 6.64. The fourth-order valence-electron chi connectivity index (χ4n) is 4.08. The van der Waals surface area contributed by atoms with Gasteiger partial charge in [0.1, 0.15) is 29.0 Å². The molecule has 1 fully saturated rings. The van der Waals surface area contributed by atoms with E-state index in [0.29, 0.717) is 34.6 Å². The van der Waals surface area contributed by atoms with Crippen molar-refractivity contribution < 1.29 is 28.5 Å². The molecular formula is C21H25F3N6O3S. The molecule has 0 aliphatic heterocycles. The quantitative estimate of drug-likeness (QED) is 0.312. The van der Waals surface area contributed by atoms with E-state index in [1.807, 2.05) is 13.0 Å². The number of hydrogen-bond acceptors (Lipinski definition) is 10. The number of nitrogens with one attached hydrogen (secondary N) is 2. The van der Waals surface area contributed by atoms with E-state index >= 15 is 0 Å². The molecular weight excluding hydrogens is 473 g/mol. The third-order valence-corrected chi connectivity index (χ3v) is 6.91. The molecule has 0 aromatic carbocycles. The number of halogens is 3. The van der Waals surface area contributed by atoms with Crippen molar-refractivity contribution in [1.82, 2.24) is 19.9 Å². The van der Waals surface area contributed by atoms with Gasteiger partial charge in [0.15, 0.2) is 5.72 Å². The normalized spacial score (nSPS) is 22.9. The highest BCUT2D eigenvalue weighted by atomic mass is 32.1. The summed E-state index contributed by atoms with van der Waals surface area (Å²) < 4.78 is 39.1.